The molecule has 7 heteroatoms. The summed E-state index contributed by atoms with van der Waals surface area (Å²) in [6.45, 7) is 3.09. The Bertz CT molecular complexity index is 1040. The summed E-state index contributed by atoms with van der Waals surface area (Å²) in [7, 11) is 1.19. The highest BCUT2D eigenvalue weighted by Crippen LogP contribution is 2.34. The Morgan fingerprint density at radius 2 is 1.71 bits per heavy atom. The van der Waals surface area contributed by atoms with Gasteiger partial charge in [0, 0.05) is 17.7 Å². The summed E-state index contributed by atoms with van der Waals surface area (Å²) in [5.41, 5.74) is 1.17. The van der Waals surface area contributed by atoms with Crippen molar-refractivity contribution in [2.75, 3.05) is 7.11 Å². The van der Waals surface area contributed by atoms with Gasteiger partial charge in [-0.25, -0.2) is 9.78 Å². The molecule has 0 amide bonds. The van der Waals surface area contributed by atoms with Gasteiger partial charge < -0.3 is 19.3 Å². The van der Waals surface area contributed by atoms with Gasteiger partial charge in [0.1, 0.15) is 18.1 Å². The predicted molar refractivity (Wildman–Crippen MR) is 101 cm³/mol. The van der Waals surface area contributed by atoms with E-state index in [4.69, 9.17) is 9.47 Å². The maximum Gasteiger partial charge on any atom is 0.360 e. The maximum atomic E-state index is 11.9. The quantitative estimate of drug-likeness (QED) is 0.670. The lowest BCUT2D eigenvalue weighted by molar-refractivity contribution is -0.142. The van der Waals surface area contributed by atoms with Crippen LogP contribution in [-0.4, -0.2) is 29.1 Å². The van der Waals surface area contributed by atoms with Gasteiger partial charge in [0.25, 0.3) is 0 Å². The Morgan fingerprint density at radius 1 is 1.04 bits per heavy atom. The molecule has 2 aromatic carbocycles. The first-order valence-electron chi connectivity index (χ1n) is 8.51. The number of pyridine rings is 1. The summed E-state index contributed by atoms with van der Waals surface area (Å²) < 4.78 is 15.6. The SMILES string of the molecule is COC(=O)c1nc(COC(C)=O)c2cc(Oc3ccc(C)cc3)ccc2c1O. The molecule has 3 rings (SSSR count). The van der Waals surface area contributed by atoms with E-state index >= 15 is 0 Å². The van der Waals surface area contributed by atoms with Crippen molar-refractivity contribution >= 4 is 22.7 Å². The number of rotatable bonds is 5. The molecule has 0 spiro atoms. The number of aromatic hydroxyl groups is 1. The number of aromatic nitrogens is 1. The van der Waals surface area contributed by atoms with Gasteiger partial charge in [-0.15, -0.1) is 0 Å². The van der Waals surface area contributed by atoms with Crippen LogP contribution in [0.15, 0.2) is 42.5 Å². The molecule has 0 aliphatic heterocycles. The lowest BCUT2D eigenvalue weighted by atomic mass is 10.1. The van der Waals surface area contributed by atoms with E-state index in [1.54, 1.807) is 18.2 Å². The average molecular weight is 381 g/mol. The standard InChI is InChI=1S/C21H19NO6/c1-12-4-6-14(7-5-12)28-15-8-9-16-17(10-15)18(11-27-13(2)23)22-19(20(16)24)21(25)26-3/h4-10,24H,11H2,1-3H3. The van der Waals surface area contributed by atoms with Crippen LogP contribution >= 0.6 is 0 Å². The third-order valence-electron chi connectivity index (χ3n) is 4.08. The largest absolute Gasteiger partial charge is 0.505 e. The van der Waals surface area contributed by atoms with Gasteiger partial charge in [-0.1, -0.05) is 17.7 Å². The number of fused-ring (bicyclic) bond motifs is 1. The van der Waals surface area contributed by atoms with Crippen LogP contribution in [0.1, 0.15) is 28.7 Å². The molecule has 7 nitrogen and oxygen atoms in total. The topological polar surface area (TPSA) is 95.0 Å². The molecule has 0 fully saturated rings. The highest BCUT2D eigenvalue weighted by molar-refractivity contribution is 6.00. The van der Waals surface area contributed by atoms with Crippen molar-refractivity contribution in [3.05, 3.63) is 59.4 Å². The molecule has 1 heterocycles. The van der Waals surface area contributed by atoms with Crippen molar-refractivity contribution in [1.29, 1.82) is 0 Å². The molecule has 1 N–H and O–H groups in total. The number of methoxy groups -OCH3 is 1. The second kappa shape index (κ2) is 7.96. The predicted octanol–water partition coefficient (Wildman–Crippen LogP) is 3.89. The highest BCUT2D eigenvalue weighted by atomic mass is 16.5. The summed E-state index contributed by atoms with van der Waals surface area (Å²) in [5, 5.41) is 11.3. The fraction of sp³-hybridized carbons (Fsp3) is 0.190. The molecule has 144 valence electrons. The van der Waals surface area contributed by atoms with Crippen molar-refractivity contribution in [2.24, 2.45) is 0 Å². The number of aryl methyl sites for hydroxylation is 1. The smallest absolute Gasteiger partial charge is 0.360 e. The van der Waals surface area contributed by atoms with Gasteiger partial charge in [0.05, 0.1) is 12.8 Å². The van der Waals surface area contributed by atoms with E-state index in [2.05, 4.69) is 9.72 Å². The normalized spacial score (nSPS) is 10.5. The molecule has 0 saturated heterocycles. The number of nitrogens with zero attached hydrogens (tertiary/aromatic N) is 1. The van der Waals surface area contributed by atoms with Crippen LogP contribution in [0.5, 0.6) is 17.2 Å². The number of esters is 2. The summed E-state index contributed by atoms with van der Waals surface area (Å²) in [6.07, 6.45) is 0. The van der Waals surface area contributed by atoms with Gasteiger partial charge >= 0.3 is 11.9 Å². The first kappa shape index (κ1) is 19.2. The molecular formula is C21H19NO6. The summed E-state index contributed by atoms with van der Waals surface area (Å²) in [5.74, 6) is -0.434. The molecule has 0 atom stereocenters. The fourth-order valence-electron chi connectivity index (χ4n) is 2.67. The van der Waals surface area contributed by atoms with Gasteiger partial charge in [0.2, 0.25) is 0 Å². The van der Waals surface area contributed by atoms with E-state index < -0.39 is 11.9 Å². The first-order chi connectivity index (χ1) is 13.4. The Hall–Kier alpha value is -3.61. The van der Waals surface area contributed by atoms with E-state index in [1.165, 1.54) is 14.0 Å². The van der Waals surface area contributed by atoms with Gasteiger partial charge in [-0.3, -0.25) is 4.79 Å². The lowest BCUT2D eigenvalue weighted by Gasteiger charge is -2.13. The molecule has 0 aliphatic carbocycles. The second-order valence-corrected chi connectivity index (χ2v) is 6.15. The maximum absolute atomic E-state index is 11.9. The van der Waals surface area contributed by atoms with Crippen LogP contribution in [0, 0.1) is 6.92 Å². The minimum atomic E-state index is -0.788. The summed E-state index contributed by atoms with van der Waals surface area (Å²) >= 11 is 0. The van der Waals surface area contributed by atoms with Crippen LogP contribution in [0.4, 0.5) is 0 Å². The highest BCUT2D eigenvalue weighted by Gasteiger charge is 2.20. The summed E-state index contributed by atoms with van der Waals surface area (Å²) in [6, 6.07) is 12.5. The molecule has 0 saturated carbocycles. The Morgan fingerprint density at radius 3 is 2.36 bits per heavy atom. The number of hydrogen-bond donors (Lipinski definition) is 1. The molecule has 3 aromatic rings. The minimum absolute atomic E-state index is 0.163. The van der Waals surface area contributed by atoms with Gasteiger partial charge in [-0.05, 0) is 37.3 Å². The van der Waals surface area contributed by atoms with Crippen molar-refractivity contribution in [1.82, 2.24) is 4.98 Å². The third-order valence-corrected chi connectivity index (χ3v) is 4.08. The number of hydrogen-bond acceptors (Lipinski definition) is 7. The van der Waals surface area contributed by atoms with Crippen molar-refractivity contribution in [2.45, 2.75) is 20.5 Å². The van der Waals surface area contributed by atoms with Crippen LogP contribution < -0.4 is 4.74 Å². The van der Waals surface area contributed by atoms with E-state index in [0.717, 1.165) is 5.56 Å². The number of benzene rings is 2. The molecular weight excluding hydrogens is 362 g/mol. The van der Waals surface area contributed by atoms with Crippen molar-refractivity contribution < 1.29 is 28.9 Å². The monoisotopic (exact) mass is 381 g/mol. The lowest BCUT2D eigenvalue weighted by Crippen LogP contribution is -2.09. The molecule has 28 heavy (non-hydrogen) atoms. The number of carbonyl (C=O) groups excluding carboxylic acids is 2. The van der Waals surface area contributed by atoms with Crippen LogP contribution in [-0.2, 0) is 20.9 Å². The Balaban J connectivity index is 2.08. The minimum Gasteiger partial charge on any atom is -0.505 e. The van der Waals surface area contributed by atoms with Crippen LogP contribution in [0.2, 0.25) is 0 Å². The van der Waals surface area contributed by atoms with Gasteiger partial charge in [-0.2, -0.15) is 0 Å². The molecule has 0 radical (unpaired) electrons. The van der Waals surface area contributed by atoms with Crippen molar-refractivity contribution in [3.8, 4) is 17.2 Å². The van der Waals surface area contributed by atoms with Gasteiger partial charge in [0.15, 0.2) is 11.4 Å². The summed E-state index contributed by atoms with van der Waals surface area (Å²) in [4.78, 5) is 27.3. The zero-order chi connectivity index (χ0) is 20.3. The number of carbonyl (C=O) groups is 2. The number of ether oxygens (including phenoxy) is 3. The molecule has 1 aromatic heterocycles. The first-order valence-corrected chi connectivity index (χ1v) is 8.51. The third kappa shape index (κ3) is 4.03. The second-order valence-electron chi connectivity index (χ2n) is 6.15. The fourth-order valence-corrected chi connectivity index (χ4v) is 2.67. The van der Waals surface area contributed by atoms with E-state index in [1.807, 2.05) is 31.2 Å². The Kier molecular flexibility index (Phi) is 5.44. The average Bonchev–Trinajstić information content (AvgIpc) is 2.68. The zero-order valence-electron chi connectivity index (χ0n) is 15.7. The zero-order valence-corrected chi connectivity index (χ0v) is 15.7. The van der Waals surface area contributed by atoms with Crippen molar-refractivity contribution in [3.63, 3.8) is 0 Å². The van der Waals surface area contributed by atoms with E-state index in [9.17, 15) is 14.7 Å². The van der Waals surface area contributed by atoms with E-state index in [-0.39, 0.29) is 18.1 Å². The molecule has 0 unspecified atom stereocenters. The Labute approximate surface area is 161 Å². The molecule has 0 aliphatic rings. The van der Waals surface area contributed by atoms with Crippen LogP contribution in [0.3, 0.4) is 0 Å². The van der Waals surface area contributed by atoms with E-state index in [0.29, 0.717) is 28.0 Å². The molecule has 0 bridgehead atoms. The van der Waals surface area contributed by atoms with Crippen LogP contribution in [0.25, 0.3) is 10.8 Å².